The van der Waals surface area contributed by atoms with Crippen molar-refractivity contribution < 1.29 is 8.78 Å². The molecule has 1 saturated heterocycles. The molecule has 0 N–H and O–H groups in total. The van der Waals surface area contributed by atoms with Crippen LogP contribution in [0.5, 0.6) is 0 Å². The van der Waals surface area contributed by atoms with E-state index in [9.17, 15) is 8.78 Å². The summed E-state index contributed by atoms with van der Waals surface area (Å²) in [5.74, 6) is -2.39. The minimum atomic E-state index is -2.39. The van der Waals surface area contributed by atoms with E-state index in [0.29, 0.717) is 13.1 Å². The van der Waals surface area contributed by atoms with E-state index in [2.05, 4.69) is 11.8 Å². The molecule has 84 valence electrons. The Morgan fingerprint density at radius 3 is 2.29 bits per heavy atom. The van der Waals surface area contributed by atoms with Gasteiger partial charge in [0.1, 0.15) is 0 Å². The van der Waals surface area contributed by atoms with Crippen molar-refractivity contribution in [2.75, 3.05) is 19.6 Å². The predicted molar refractivity (Wildman–Crippen MR) is 54.8 cm³/mol. The zero-order chi connectivity index (χ0) is 10.4. The molecular weight excluding hydrogens is 184 g/mol. The molecule has 0 bridgehead atoms. The molecule has 0 aromatic rings. The summed E-state index contributed by atoms with van der Waals surface area (Å²) in [6.45, 7) is 4.36. The van der Waals surface area contributed by atoms with Gasteiger partial charge in [-0.15, -0.1) is 0 Å². The van der Waals surface area contributed by atoms with E-state index in [0.717, 1.165) is 6.54 Å². The Labute approximate surface area is 85.5 Å². The lowest BCUT2D eigenvalue weighted by atomic mass is 10.1. The van der Waals surface area contributed by atoms with E-state index in [-0.39, 0.29) is 12.8 Å². The Hall–Kier alpha value is -0.180. The third-order valence-electron chi connectivity index (χ3n) is 2.92. The van der Waals surface area contributed by atoms with Crippen LogP contribution in [0.3, 0.4) is 0 Å². The van der Waals surface area contributed by atoms with Crippen LogP contribution in [0.2, 0.25) is 0 Å². The smallest absolute Gasteiger partial charge is 0.250 e. The number of unbranched alkanes of at least 4 members (excludes halogenated alkanes) is 3. The second-order valence-corrected chi connectivity index (χ2v) is 4.26. The molecule has 1 aliphatic rings. The number of piperidine rings is 1. The van der Waals surface area contributed by atoms with Crippen LogP contribution in [0.25, 0.3) is 0 Å². The Morgan fingerprint density at radius 1 is 1.07 bits per heavy atom. The van der Waals surface area contributed by atoms with Gasteiger partial charge in [0, 0.05) is 25.9 Å². The molecule has 0 saturated carbocycles. The highest BCUT2D eigenvalue weighted by molar-refractivity contribution is 4.77. The number of hydrogen-bond donors (Lipinski definition) is 0. The molecule has 0 aromatic carbocycles. The standard InChI is InChI=1S/C11H21F2N/c1-2-3-4-5-8-14-9-6-11(12,13)7-10-14/h2-10H2,1H3. The van der Waals surface area contributed by atoms with Crippen LogP contribution in [-0.4, -0.2) is 30.5 Å². The van der Waals surface area contributed by atoms with Crippen molar-refractivity contribution >= 4 is 0 Å². The predicted octanol–water partition coefficient (Wildman–Crippen LogP) is 3.30. The molecule has 0 aliphatic carbocycles. The van der Waals surface area contributed by atoms with Crippen LogP contribution in [0.1, 0.15) is 45.4 Å². The van der Waals surface area contributed by atoms with Crippen molar-refractivity contribution in [3.05, 3.63) is 0 Å². The highest BCUT2D eigenvalue weighted by Gasteiger charge is 2.33. The maximum atomic E-state index is 12.8. The Bertz CT molecular complexity index is 149. The number of halogens is 2. The van der Waals surface area contributed by atoms with Gasteiger partial charge in [0.2, 0.25) is 0 Å². The summed E-state index contributed by atoms with van der Waals surface area (Å²) < 4.78 is 25.6. The molecule has 0 unspecified atom stereocenters. The summed E-state index contributed by atoms with van der Waals surface area (Å²) in [5, 5.41) is 0. The largest absolute Gasteiger partial charge is 0.303 e. The Morgan fingerprint density at radius 2 is 1.71 bits per heavy atom. The molecule has 1 fully saturated rings. The molecule has 1 heterocycles. The lowest BCUT2D eigenvalue weighted by Gasteiger charge is -2.31. The topological polar surface area (TPSA) is 3.24 Å². The van der Waals surface area contributed by atoms with Gasteiger partial charge < -0.3 is 4.90 Å². The molecule has 1 rings (SSSR count). The average molecular weight is 205 g/mol. The van der Waals surface area contributed by atoms with E-state index < -0.39 is 5.92 Å². The lowest BCUT2D eigenvalue weighted by molar-refractivity contribution is -0.0552. The first-order valence-corrected chi connectivity index (χ1v) is 5.74. The summed E-state index contributed by atoms with van der Waals surface area (Å²) in [4.78, 5) is 2.17. The Balaban J connectivity index is 2.04. The lowest BCUT2D eigenvalue weighted by Crippen LogP contribution is -2.39. The first-order chi connectivity index (χ1) is 6.64. The molecule has 0 atom stereocenters. The minimum Gasteiger partial charge on any atom is -0.303 e. The monoisotopic (exact) mass is 205 g/mol. The summed E-state index contributed by atoms with van der Waals surface area (Å²) in [6, 6.07) is 0. The zero-order valence-corrected chi connectivity index (χ0v) is 9.07. The fourth-order valence-electron chi connectivity index (χ4n) is 1.87. The average Bonchev–Trinajstić information content (AvgIpc) is 2.15. The summed E-state index contributed by atoms with van der Waals surface area (Å²) in [5.41, 5.74) is 0. The first kappa shape index (κ1) is 11.9. The maximum absolute atomic E-state index is 12.8. The van der Waals surface area contributed by atoms with Gasteiger partial charge in [-0.2, -0.15) is 0 Å². The van der Waals surface area contributed by atoms with Crippen molar-refractivity contribution in [1.29, 1.82) is 0 Å². The van der Waals surface area contributed by atoms with Gasteiger partial charge in [-0.1, -0.05) is 26.2 Å². The van der Waals surface area contributed by atoms with Crippen LogP contribution in [0.4, 0.5) is 8.78 Å². The summed E-state index contributed by atoms with van der Waals surface area (Å²) in [6.07, 6.45) is 5.02. The SMILES string of the molecule is CCCCCCN1CCC(F)(F)CC1. The number of hydrogen-bond acceptors (Lipinski definition) is 1. The van der Waals surface area contributed by atoms with Crippen molar-refractivity contribution in [2.45, 2.75) is 51.4 Å². The van der Waals surface area contributed by atoms with Crippen molar-refractivity contribution in [2.24, 2.45) is 0 Å². The minimum absolute atomic E-state index is 0.0563. The van der Waals surface area contributed by atoms with Crippen molar-refractivity contribution in [3.8, 4) is 0 Å². The van der Waals surface area contributed by atoms with Gasteiger partial charge in [-0.3, -0.25) is 0 Å². The van der Waals surface area contributed by atoms with Crippen molar-refractivity contribution in [1.82, 2.24) is 4.90 Å². The summed E-state index contributed by atoms with van der Waals surface area (Å²) >= 11 is 0. The van der Waals surface area contributed by atoms with Gasteiger partial charge in [0.25, 0.3) is 5.92 Å². The molecule has 14 heavy (non-hydrogen) atoms. The normalized spacial score (nSPS) is 22.5. The molecule has 0 spiro atoms. The van der Waals surface area contributed by atoms with Crippen LogP contribution in [0, 0.1) is 0 Å². The fourth-order valence-corrected chi connectivity index (χ4v) is 1.87. The summed E-state index contributed by atoms with van der Waals surface area (Å²) in [7, 11) is 0. The second kappa shape index (κ2) is 5.64. The third kappa shape index (κ3) is 4.36. The Kier molecular flexibility index (Phi) is 4.79. The highest BCUT2D eigenvalue weighted by atomic mass is 19.3. The van der Waals surface area contributed by atoms with Gasteiger partial charge in [-0.05, 0) is 13.0 Å². The van der Waals surface area contributed by atoms with Gasteiger partial charge >= 0.3 is 0 Å². The van der Waals surface area contributed by atoms with E-state index in [1.165, 1.54) is 25.7 Å². The van der Waals surface area contributed by atoms with Crippen LogP contribution >= 0.6 is 0 Å². The molecule has 1 nitrogen and oxygen atoms in total. The second-order valence-electron chi connectivity index (χ2n) is 4.26. The van der Waals surface area contributed by atoms with Crippen molar-refractivity contribution in [3.63, 3.8) is 0 Å². The van der Waals surface area contributed by atoms with E-state index in [1.807, 2.05) is 0 Å². The molecular formula is C11H21F2N. The number of alkyl halides is 2. The van der Waals surface area contributed by atoms with Gasteiger partial charge in [0.05, 0.1) is 0 Å². The maximum Gasteiger partial charge on any atom is 0.250 e. The molecule has 0 aromatic heterocycles. The first-order valence-electron chi connectivity index (χ1n) is 5.74. The molecule has 3 heteroatoms. The number of likely N-dealkylation sites (tertiary alicyclic amines) is 1. The van der Waals surface area contributed by atoms with Gasteiger partial charge in [0.15, 0.2) is 0 Å². The van der Waals surface area contributed by atoms with E-state index >= 15 is 0 Å². The third-order valence-corrected chi connectivity index (χ3v) is 2.92. The zero-order valence-electron chi connectivity index (χ0n) is 9.07. The van der Waals surface area contributed by atoms with Crippen LogP contribution in [-0.2, 0) is 0 Å². The quantitative estimate of drug-likeness (QED) is 0.622. The molecule has 1 aliphatic heterocycles. The van der Waals surface area contributed by atoms with Crippen LogP contribution < -0.4 is 0 Å². The molecule has 0 amide bonds. The van der Waals surface area contributed by atoms with E-state index in [1.54, 1.807) is 0 Å². The van der Waals surface area contributed by atoms with Gasteiger partial charge in [-0.25, -0.2) is 8.78 Å². The van der Waals surface area contributed by atoms with E-state index in [4.69, 9.17) is 0 Å². The number of rotatable bonds is 5. The van der Waals surface area contributed by atoms with Crippen LogP contribution in [0.15, 0.2) is 0 Å². The highest BCUT2D eigenvalue weighted by Crippen LogP contribution is 2.27. The fraction of sp³-hybridized carbons (Fsp3) is 1.00. The molecule has 0 radical (unpaired) electrons. The number of nitrogens with zero attached hydrogens (tertiary/aromatic N) is 1.